The number of para-hydroxylation sites is 1. The zero-order chi connectivity index (χ0) is 21.6. The third kappa shape index (κ3) is 5.25. The quantitative estimate of drug-likeness (QED) is 0.596. The van der Waals surface area contributed by atoms with Gasteiger partial charge in [0.1, 0.15) is 10.6 Å². The van der Waals surface area contributed by atoms with E-state index < -0.39 is 15.9 Å². The highest BCUT2D eigenvalue weighted by molar-refractivity contribution is 7.89. The minimum absolute atomic E-state index is 0.0356. The Labute approximate surface area is 177 Å². The van der Waals surface area contributed by atoms with Crippen molar-refractivity contribution in [3.05, 3.63) is 90.0 Å². The molecule has 0 fully saturated rings. The molecule has 156 valence electrons. The Bertz CT molecular complexity index is 1100. The zero-order valence-electron chi connectivity index (χ0n) is 16.9. The molecule has 0 saturated heterocycles. The number of methoxy groups -OCH3 is 1. The van der Waals surface area contributed by atoms with Crippen LogP contribution < -0.4 is 10.1 Å². The molecule has 0 bridgehead atoms. The first kappa shape index (κ1) is 21.5. The molecule has 3 rings (SSSR count). The average molecular weight is 425 g/mol. The summed E-state index contributed by atoms with van der Waals surface area (Å²) in [4.78, 5) is 12.7. The van der Waals surface area contributed by atoms with Gasteiger partial charge in [-0.25, -0.2) is 8.42 Å². The number of aryl methyl sites for hydroxylation is 1. The summed E-state index contributed by atoms with van der Waals surface area (Å²) < 4.78 is 33.5. The van der Waals surface area contributed by atoms with E-state index in [1.165, 1.54) is 7.11 Å². The zero-order valence-corrected chi connectivity index (χ0v) is 17.7. The molecule has 1 amide bonds. The number of sulfonamides is 1. The van der Waals surface area contributed by atoms with Crippen LogP contribution in [0.5, 0.6) is 5.75 Å². The predicted molar refractivity (Wildman–Crippen MR) is 117 cm³/mol. The van der Waals surface area contributed by atoms with E-state index in [1.807, 2.05) is 43.3 Å². The number of ether oxygens (including phenoxy) is 1. The summed E-state index contributed by atoms with van der Waals surface area (Å²) in [5, 5.41) is 2.75. The smallest absolute Gasteiger partial charge is 0.247 e. The van der Waals surface area contributed by atoms with Crippen molar-refractivity contribution in [1.29, 1.82) is 0 Å². The predicted octanol–water partition coefficient (Wildman–Crippen LogP) is 3.83. The van der Waals surface area contributed by atoms with E-state index in [1.54, 1.807) is 42.5 Å². The van der Waals surface area contributed by atoms with Crippen LogP contribution in [0.3, 0.4) is 0 Å². The van der Waals surface area contributed by atoms with Gasteiger partial charge in [-0.05, 0) is 42.3 Å². The number of rotatable bonds is 8. The first-order chi connectivity index (χ1) is 14.4. The molecule has 3 aromatic carbocycles. The summed E-state index contributed by atoms with van der Waals surface area (Å²) in [5.41, 5.74) is 2.16. The Balaban J connectivity index is 1.94. The van der Waals surface area contributed by atoms with Crippen molar-refractivity contribution in [2.24, 2.45) is 0 Å². The average Bonchev–Trinajstić information content (AvgIpc) is 2.74. The number of anilines is 1. The van der Waals surface area contributed by atoms with Crippen molar-refractivity contribution in [2.75, 3.05) is 19.0 Å². The molecule has 0 aliphatic rings. The SMILES string of the molecule is COc1ccc(C)cc1S(=O)(=O)N(CC(=O)Nc1ccccc1)Cc1ccccc1. The fourth-order valence-corrected chi connectivity index (χ4v) is 4.64. The number of hydrogen-bond donors (Lipinski definition) is 1. The lowest BCUT2D eigenvalue weighted by Crippen LogP contribution is -2.37. The minimum atomic E-state index is -4.00. The van der Waals surface area contributed by atoms with Crippen LogP contribution in [0.4, 0.5) is 5.69 Å². The molecule has 0 atom stereocenters. The number of amides is 1. The highest BCUT2D eigenvalue weighted by Gasteiger charge is 2.30. The fourth-order valence-electron chi connectivity index (χ4n) is 3.02. The molecule has 3 aromatic rings. The van der Waals surface area contributed by atoms with Crippen molar-refractivity contribution in [3.8, 4) is 5.75 Å². The van der Waals surface area contributed by atoms with Crippen LogP contribution in [0.25, 0.3) is 0 Å². The first-order valence-electron chi connectivity index (χ1n) is 9.44. The second-order valence-corrected chi connectivity index (χ2v) is 8.73. The molecule has 0 aromatic heterocycles. The summed E-state index contributed by atoms with van der Waals surface area (Å²) >= 11 is 0. The molecule has 6 nitrogen and oxygen atoms in total. The Morgan fingerprint density at radius 3 is 2.23 bits per heavy atom. The Hall–Kier alpha value is -3.16. The minimum Gasteiger partial charge on any atom is -0.495 e. The Morgan fingerprint density at radius 1 is 0.967 bits per heavy atom. The summed E-state index contributed by atoms with van der Waals surface area (Å²) in [7, 11) is -2.58. The van der Waals surface area contributed by atoms with Crippen LogP contribution in [0.2, 0.25) is 0 Å². The Morgan fingerprint density at radius 2 is 1.60 bits per heavy atom. The van der Waals surface area contributed by atoms with Crippen molar-refractivity contribution in [1.82, 2.24) is 4.31 Å². The summed E-state index contributed by atoms with van der Waals surface area (Å²) in [6, 6.07) is 23.0. The van der Waals surface area contributed by atoms with Crippen LogP contribution in [0, 0.1) is 6.92 Å². The highest BCUT2D eigenvalue weighted by Crippen LogP contribution is 2.28. The van der Waals surface area contributed by atoms with Crippen LogP contribution in [-0.4, -0.2) is 32.3 Å². The van der Waals surface area contributed by atoms with Crippen LogP contribution in [0.1, 0.15) is 11.1 Å². The monoisotopic (exact) mass is 424 g/mol. The number of carbonyl (C=O) groups is 1. The topological polar surface area (TPSA) is 75.7 Å². The van der Waals surface area contributed by atoms with Gasteiger partial charge in [-0.1, -0.05) is 54.6 Å². The molecule has 7 heteroatoms. The van der Waals surface area contributed by atoms with Crippen molar-refractivity contribution in [2.45, 2.75) is 18.4 Å². The molecule has 0 aliphatic heterocycles. The standard InChI is InChI=1S/C23H24N2O4S/c1-18-13-14-21(29-2)22(15-18)30(27,28)25(16-19-9-5-3-6-10-19)17-23(26)24-20-11-7-4-8-12-20/h3-15H,16-17H2,1-2H3,(H,24,26). The number of hydrogen-bond acceptors (Lipinski definition) is 4. The maximum absolute atomic E-state index is 13.5. The first-order valence-corrected chi connectivity index (χ1v) is 10.9. The molecule has 0 heterocycles. The van der Waals surface area contributed by atoms with Gasteiger partial charge in [-0.2, -0.15) is 4.31 Å². The highest BCUT2D eigenvalue weighted by atomic mass is 32.2. The lowest BCUT2D eigenvalue weighted by molar-refractivity contribution is -0.116. The van der Waals surface area contributed by atoms with E-state index in [9.17, 15) is 13.2 Å². The number of benzene rings is 3. The number of nitrogens with zero attached hydrogens (tertiary/aromatic N) is 1. The molecular formula is C23H24N2O4S. The van der Waals surface area contributed by atoms with E-state index in [0.717, 1.165) is 15.4 Å². The second kappa shape index (κ2) is 9.56. The number of nitrogens with one attached hydrogen (secondary N) is 1. The number of carbonyl (C=O) groups excluding carboxylic acids is 1. The van der Waals surface area contributed by atoms with Gasteiger partial charge < -0.3 is 10.1 Å². The summed E-state index contributed by atoms with van der Waals surface area (Å²) in [6.45, 7) is 1.54. The normalized spacial score (nSPS) is 11.3. The molecule has 0 aliphatic carbocycles. The molecule has 1 N–H and O–H groups in total. The summed E-state index contributed by atoms with van der Waals surface area (Å²) in [6.07, 6.45) is 0. The lowest BCUT2D eigenvalue weighted by Gasteiger charge is -2.23. The maximum Gasteiger partial charge on any atom is 0.247 e. The molecule has 0 spiro atoms. The van der Waals surface area contributed by atoms with E-state index in [-0.39, 0.29) is 23.7 Å². The molecule has 30 heavy (non-hydrogen) atoms. The van der Waals surface area contributed by atoms with Gasteiger partial charge in [0.2, 0.25) is 15.9 Å². The van der Waals surface area contributed by atoms with Gasteiger partial charge in [0.05, 0.1) is 13.7 Å². The fraction of sp³-hybridized carbons (Fsp3) is 0.174. The van der Waals surface area contributed by atoms with E-state index in [0.29, 0.717) is 5.69 Å². The summed E-state index contributed by atoms with van der Waals surface area (Å²) in [5.74, 6) is -0.186. The van der Waals surface area contributed by atoms with Gasteiger partial charge in [0.15, 0.2) is 0 Å². The van der Waals surface area contributed by atoms with Crippen molar-refractivity contribution < 1.29 is 17.9 Å². The van der Waals surface area contributed by atoms with Crippen LogP contribution in [-0.2, 0) is 21.4 Å². The van der Waals surface area contributed by atoms with Crippen LogP contribution >= 0.6 is 0 Å². The van der Waals surface area contributed by atoms with Crippen LogP contribution in [0.15, 0.2) is 83.8 Å². The molecule has 0 unspecified atom stereocenters. The maximum atomic E-state index is 13.5. The van der Waals surface area contributed by atoms with Gasteiger partial charge >= 0.3 is 0 Å². The van der Waals surface area contributed by atoms with Crippen molar-refractivity contribution in [3.63, 3.8) is 0 Å². The lowest BCUT2D eigenvalue weighted by atomic mass is 10.2. The van der Waals surface area contributed by atoms with Gasteiger partial charge in [-0.15, -0.1) is 0 Å². The van der Waals surface area contributed by atoms with E-state index in [4.69, 9.17) is 4.74 Å². The van der Waals surface area contributed by atoms with Gasteiger partial charge in [0, 0.05) is 12.2 Å². The molecular weight excluding hydrogens is 400 g/mol. The van der Waals surface area contributed by atoms with Crippen molar-refractivity contribution >= 4 is 21.6 Å². The second-order valence-electron chi connectivity index (χ2n) is 6.83. The Kier molecular flexibility index (Phi) is 6.87. The van der Waals surface area contributed by atoms with E-state index in [2.05, 4.69) is 5.32 Å². The van der Waals surface area contributed by atoms with Gasteiger partial charge in [0.25, 0.3) is 0 Å². The third-order valence-electron chi connectivity index (χ3n) is 4.52. The third-order valence-corrected chi connectivity index (χ3v) is 6.33. The van der Waals surface area contributed by atoms with E-state index >= 15 is 0 Å². The van der Waals surface area contributed by atoms with Gasteiger partial charge in [-0.3, -0.25) is 4.79 Å². The largest absolute Gasteiger partial charge is 0.495 e. The molecule has 0 saturated carbocycles. The molecule has 0 radical (unpaired) electrons.